The molecular weight excluding hydrogens is 260 g/mol. The van der Waals surface area contributed by atoms with Crippen LogP contribution < -0.4 is 10.1 Å². The molecule has 0 aliphatic heterocycles. The van der Waals surface area contributed by atoms with Gasteiger partial charge in [-0.2, -0.15) is 0 Å². The minimum Gasteiger partial charge on any atom is -0.497 e. The Morgan fingerprint density at radius 1 is 1.00 bits per heavy atom. The number of methoxy groups -OCH3 is 1. The van der Waals surface area contributed by atoms with Crippen molar-refractivity contribution in [2.75, 3.05) is 7.11 Å². The van der Waals surface area contributed by atoms with Crippen LogP contribution in [0, 0.1) is 0 Å². The summed E-state index contributed by atoms with van der Waals surface area (Å²) >= 11 is 0. The van der Waals surface area contributed by atoms with Crippen LogP contribution in [-0.4, -0.2) is 7.11 Å². The molecular formula is C16H17F2NO. The summed E-state index contributed by atoms with van der Waals surface area (Å²) in [6.45, 7) is 1.25. The van der Waals surface area contributed by atoms with Gasteiger partial charge in [0.1, 0.15) is 5.75 Å². The molecule has 0 fully saturated rings. The zero-order valence-electron chi connectivity index (χ0n) is 11.3. The second kappa shape index (κ2) is 7.01. The molecule has 2 aromatic carbocycles. The van der Waals surface area contributed by atoms with Gasteiger partial charge in [0.25, 0.3) is 6.43 Å². The van der Waals surface area contributed by atoms with Crippen molar-refractivity contribution in [1.82, 2.24) is 5.32 Å². The Hall–Kier alpha value is -1.94. The minimum atomic E-state index is -2.42. The van der Waals surface area contributed by atoms with E-state index in [9.17, 15) is 8.78 Å². The molecule has 1 N–H and O–H groups in total. The molecule has 2 rings (SSSR count). The molecule has 20 heavy (non-hydrogen) atoms. The summed E-state index contributed by atoms with van der Waals surface area (Å²) in [7, 11) is 1.63. The standard InChI is InChI=1S/C16H17F2NO/c1-20-15-7-5-12(6-8-15)10-19-11-13-3-2-4-14(9-13)16(17)18/h2-9,16,19H,10-11H2,1H3. The van der Waals surface area contributed by atoms with E-state index in [1.54, 1.807) is 13.2 Å². The molecule has 0 radical (unpaired) electrons. The zero-order valence-corrected chi connectivity index (χ0v) is 11.3. The number of hydrogen-bond acceptors (Lipinski definition) is 2. The Morgan fingerprint density at radius 2 is 1.70 bits per heavy atom. The third-order valence-corrected chi connectivity index (χ3v) is 3.02. The first-order chi connectivity index (χ1) is 9.69. The van der Waals surface area contributed by atoms with Gasteiger partial charge in [0, 0.05) is 18.7 Å². The lowest BCUT2D eigenvalue weighted by Crippen LogP contribution is -2.12. The molecule has 2 nitrogen and oxygen atoms in total. The molecule has 0 saturated carbocycles. The highest BCUT2D eigenvalue weighted by atomic mass is 19.3. The van der Waals surface area contributed by atoms with Gasteiger partial charge in [0.2, 0.25) is 0 Å². The van der Waals surface area contributed by atoms with Crippen LogP contribution in [0.3, 0.4) is 0 Å². The second-order valence-corrected chi connectivity index (χ2v) is 4.50. The van der Waals surface area contributed by atoms with Crippen molar-refractivity contribution in [3.05, 3.63) is 65.2 Å². The highest BCUT2D eigenvalue weighted by Crippen LogP contribution is 2.19. The SMILES string of the molecule is COc1ccc(CNCc2cccc(C(F)F)c2)cc1. The summed E-state index contributed by atoms with van der Waals surface area (Å²) in [5.74, 6) is 0.818. The van der Waals surface area contributed by atoms with Crippen LogP contribution >= 0.6 is 0 Å². The van der Waals surface area contributed by atoms with Gasteiger partial charge in [-0.1, -0.05) is 30.3 Å². The largest absolute Gasteiger partial charge is 0.497 e. The molecule has 106 valence electrons. The van der Waals surface area contributed by atoms with Crippen molar-refractivity contribution in [2.45, 2.75) is 19.5 Å². The lowest BCUT2D eigenvalue weighted by atomic mass is 10.1. The van der Waals surface area contributed by atoms with Crippen LogP contribution in [0.1, 0.15) is 23.1 Å². The molecule has 0 atom stereocenters. The lowest BCUT2D eigenvalue weighted by molar-refractivity contribution is 0.151. The maximum atomic E-state index is 12.6. The van der Waals surface area contributed by atoms with Crippen molar-refractivity contribution in [3.8, 4) is 5.75 Å². The molecule has 0 spiro atoms. The number of nitrogens with one attached hydrogen (secondary N) is 1. The molecule has 0 bridgehead atoms. The highest BCUT2D eigenvalue weighted by molar-refractivity contribution is 5.27. The van der Waals surface area contributed by atoms with E-state index in [2.05, 4.69) is 5.32 Å². The third-order valence-electron chi connectivity index (χ3n) is 3.02. The molecule has 0 saturated heterocycles. The number of rotatable bonds is 6. The third kappa shape index (κ3) is 4.03. The lowest BCUT2D eigenvalue weighted by Gasteiger charge is -2.07. The molecule has 2 aromatic rings. The first-order valence-electron chi connectivity index (χ1n) is 6.39. The fourth-order valence-corrected chi connectivity index (χ4v) is 1.93. The van der Waals surface area contributed by atoms with Gasteiger partial charge in [-0.15, -0.1) is 0 Å². The van der Waals surface area contributed by atoms with Crippen LogP contribution in [0.15, 0.2) is 48.5 Å². The van der Waals surface area contributed by atoms with Gasteiger partial charge < -0.3 is 10.1 Å². The summed E-state index contributed by atoms with van der Waals surface area (Å²) in [4.78, 5) is 0. The van der Waals surface area contributed by atoms with E-state index < -0.39 is 6.43 Å². The summed E-state index contributed by atoms with van der Waals surface area (Å²) < 4.78 is 30.2. The first kappa shape index (κ1) is 14.5. The number of ether oxygens (including phenoxy) is 1. The average molecular weight is 277 g/mol. The smallest absolute Gasteiger partial charge is 0.263 e. The average Bonchev–Trinajstić information content (AvgIpc) is 2.48. The Labute approximate surface area is 117 Å². The Balaban J connectivity index is 1.87. The van der Waals surface area contributed by atoms with E-state index in [0.717, 1.165) is 16.9 Å². The normalized spacial score (nSPS) is 10.8. The molecule has 4 heteroatoms. The Kier molecular flexibility index (Phi) is 5.07. The fraction of sp³-hybridized carbons (Fsp3) is 0.250. The van der Waals surface area contributed by atoms with Crippen LogP contribution in [0.5, 0.6) is 5.75 Å². The van der Waals surface area contributed by atoms with Gasteiger partial charge >= 0.3 is 0 Å². The summed E-state index contributed by atoms with van der Waals surface area (Å²) in [6.07, 6.45) is -2.42. The molecule has 0 aliphatic carbocycles. The van der Waals surface area contributed by atoms with E-state index >= 15 is 0 Å². The number of benzene rings is 2. The van der Waals surface area contributed by atoms with Crippen LogP contribution in [0.4, 0.5) is 8.78 Å². The van der Waals surface area contributed by atoms with Crippen LogP contribution in [-0.2, 0) is 13.1 Å². The molecule has 0 heterocycles. The van der Waals surface area contributed by atoms with Crippen LogP contribution in [0.25, 0.3) is 0 Å². The maximum Gasteiger partial charge on any atom is 0.263 e. The van der Waals surface area contributed by atoms with Gasteiger partial charge in [0.15, 0.2) is 0 Å². The molecule has 0 unspecified atom stereocenters. The predicted molar refractivity (Wildman–Crippen MR) is 74.9 cm³/mol. The predicted octanol–water partition coefficient (Wildman–Crippen LogP) is 3.92. The number of alkyl halides is 2. The van der Waals surface area contributed by atoms with Gasteiger partial charge in [-0.25, -0.2) is 8.78 Å². The van der Waals surface area contributed by atoms with Crippen molar-refractivity contribution < 1.29 is 13.5 Å². The van der Waals surface area contributed by atoms with E-state index in [0.29, 0.717) is 13.1 Å². The maximum absolute atomic E-state index is 12.6. The van der Waals surface area contributed by atoms with Crippen LogP contribution in [0.2, 0.25) is 0 Å². The number of hydrogen-bond donors (Lipinski definition) is 1. The Bertz CT molecular complexity index is 540. The monoisotopic (exact) mass is 277 g/mol. The van der Waals surface area contributed by atoms with Gasteiger partial charge in [0.05, 0.1) is 7.11 Å². The number of halogens is 2. The van der Waals surface area contributed by atoms with Crippen molar-refractivity contribution in [2.24, 2.45) is 0 Å². The van der Waals surface area contributed by atoms with E-state index in [4.69, 9.17) is 4.74 Å². The van der Waals surface area contributed by atoms with Crippen molar-refractivity contribution in [1.29, 1.82) is 0 Å². The van der Waals surface area contributed by atoms with E-state index in [-0.39, 0.29) is 5.56 Å². The zero-order chi connectivity index (χ0) is 14.4. The van der Waals surface area contributed by atoms with Gasteiger partial charge in [-0.3, -0.25) is 0 Å². The molecule has 0 aromatic heterocycles. The Morgan fingerprint density at radius 3 is 2.35 bits per heavy atom. The molecule has 0 amide bonds. The summed E-state index contributed by atoms with van der Waals surface area (Å²) in [5, 5.41) is 3.24. The van der Waals surface area contributed by atoms with E-state index in [1.807, 2.05) is 30.3 Å². The quantitative estimate of drug-likeness (QED) is 0.864. The second-order valence-electron chi connectivity index (χ2n) is 4.50. The van der Waals surface area contributed by atoms with Crippen molar-refractivity contribution in [3.63, 3.8) is 0 Å². The topological polar surface area (TPSA) is 21.3 Å². The first-order valence-corrected chi connectivity index (χ1v) is 6.39. The fourth-order valence-electron chi connectivity index (χ4n) is 1.93. The van der Waals surface area contributed by atoms with E-state index in [1.165, 1.54) is 12.1 Å². The minimum absolute atomic E-state index is 0.0637. The summed E-state index contributed by atoms with van der Waals surface area (Å²) in [6, 6.07) is 14.2. The van der Waals surface area contributed by atoms with Gasteiger partial charge in [-0.05, 0) is 29.3 Å². The highest BCUT2D eigenvalue weighted by Gasteiger charge is 2.06. The van der Waals surface area contributed by atoms with Crippen molar-refractivity contribution >= 4 is 0 Å². The molecule has 0 aliphatic rings. The summed E-state index contributed by atoms with van der Waals surface area (Å²) in [5.41, 5.74) is 2.04.